The van der Waals surface area contributed by atoms with E-state index in [9.17, 15) is 14.7 Å². The number of amides is 2. The minimum Gasteiger partial charge on any atom is -0.435 e. The number of imide groups is 1. The van der Waals surface area contributed by atoms with Gasteiger partial charge in [0.05, 0.1) is 13.1 Å². The van der Waals surface area contributed by atoms with Crippen molar-refractivity contribution in [3.05, 3.63) is 0 Å². The molecule has 1 N–H and O–H groups in total. The van der Waals surface area contributed by atoms with E-state index < -0.39 is 22.3 Å². The molecule has 0 spiro atoms. The summed E-state index contributed by atoms with van der Waals surface area (Å²) in [6.45, 7) is 8.02. The van der Waals surface area contributed by atoms with Gasteiger partial charge in [-0.1, -0.05) is 13.3 Å². The Morgan fingerprint density at radius 1 is 1.28 bits per heavy atom. The number of carboxylic acid groups (broad SMARTS) is 1. The molecule has 2 amide bonds. The minimum absolute atomic E-state index is 0.336. The molecule has 0 radical (unpaired) electrons. The zero-order valence-electron chi connectivity index (χ0n) is 11.7. The minimum atomic E-state index is -1.10. The molecule has 0 bridgehead atoms. The average Bonchev–Trinajstić information content (AvgIpc) is 2.26. The van der Waals surface area contributed by atoms with Gasteiger partial charge < -0.3 is 9.84 Å². The molecule has 5 heteroatoms. The number of carbonyl (C=O) groups is 2. The summed E-state index contributed by atoms with van der Waals surface area (Å²) in [5.74, 6) is 0.526. The van der Waals surface area contributed by atoms with Gasteiger partial charge in [-0.2, -0.15) is 9.59 Å². The van der Waals surface area contributed by atoms with Crippen molar-refractivity contribution < 1.29 is 23.9 Å². The van der Waals surface area contributed by atoms with Gasteiger partial charge in [0.15, 0.2) is 0 Å². The summed E-state index contributed by atoms with van der Waals surface area (Å²) in [5.41, 5.74) is -0.653. The van der Waals surface area contributed by atoms with Crippen LogP contribution in [0.4, 0.5) is 9.59 Å². The summed E-state index contributed by atoms with van der Waals surface area (Å²) in [6.07, 6.45) is 0.834. The first-order chi connectivity index (χ1) is 8.21. The molecule has 104 valence electrons. The molecule has 1 aliphatic rings. The van der Waals surface area contributed by atoms with E-state index in [2.05, 4.69) is 6.92 Å². The Labute approximate surface area is 108 Å². The molecule has 0 atom stereocenters. The van der Waals surface area contributed by atoms with Gasteiger partial charge in [0.2, 0.25) is 0 Å². The second kappa shape index (κ2) is 5.26. The largest absolute Gasteiger partial charge is 0.527 e. The Morgan fingerprint density at radius 2 is 1.78 bits per heavy atom. The van der Waals surface area contributed by atoms with E-state index in [1.165, 1.54) is 0 Å². The van der Waals surface area contributed by atoms with Crippen LogP contribution >= 0.6 is 0 Å². The molecule has 1 heterocycles. The maximum atomic E-state index is 12.1. The molecule has 18 heavy (non-hydrogen) atoms. The molecule has 5 nitrogen and oxygen atoms in total. The van der Waals surface area contributed by atoms with E-state index in [4.69, 9.17) is 4.74 Å². The third-order valence-electron chi connectivity index (χ3n) is 3.52. The lowest BCUT2D eigenvalue weighted by Gasteiger charge is -2.36. The molecule has 0 saturated carbocycles. The molecule has 1 rings (SSSR count). The van der Waals surface area contributed by atoms with E-state index in [1.807, 2.05) is 0 Å². The number of quaternary nitrogens is 1. The van der Waals surface area contributed by atoms with E-state index in [0.29, 0.717) is 19.0 Å². The molecular weight excluding hydrogens is 234 g/mol. The van der Waals surface area contributed by atoms with Gasteiger partial charge in [0.25, 0.3) is 0 Å². The number of piperidine rings is 1. The predicted octanol–water partition coefficient (Wildman–Crippen LogP) is 3.24. The smallest absolute Gasteiger partial charge is 0.435 e. The lowest BCUT2D eigenvalue weighted by Crippen LogP contribution is -2.61. The van der Waals surface area contributed by atoms with Crippen molar-refractivity contribution in [3.63, 3.8) is 0 Å². The van der Waals surface area contributed by atoms with Crippen LogP contribution in [0.25, 0.3) is 0 Å². The highest BCUT2D eigenvalue weighted by atomic mass is 16.6. The SMILES string of the molecule is CCC1CC[N+](C(=O)O)(C(=O)OC(C)(C)C)CC1. The van der Waals surface area contributed by atoms with Crippen molar-refractivity contribution >= 4 is 12.2 Å². The number of hydrogen-bond acceptors (Lipinski definition) is 3. The molecule has 0 aromatic rings. The monoisotopic (exact) mass is 258 g/mol. The first-order valence-corrected chi connectivity index (χ1v) is 6.55. The summed E-state index contributed by atoms with van der Waals surface area (Å²) in [5, 5.41) is 9.39. The number of carbonyl (C=O) groups excluding carboxylic acids is 1. The van der Waals surface area contributed by atoms with Gasteiger partial charge >= 0.3 is 12.2 Å². The van der Waals surface area contributed by atoms with Crippen LogP contribution in [0, 0.1) is 5.92 Å². The van der Waals surface area contributed by atoms with Gasteiger partial charge in [-0.15, -0.1) is 4.48 Å². The van der Waals surface area contributed by atoms with Crippen LogP contribution in [-0.2, 0) is 4.74 Å². The molecule has 1 saturated heterocycles. The molecule has 1 aliphatic heterocycles. The number of rotatable bonds is 1. The van der Waals surface area contributed by atoms with E-state index in [-0.39, 0.29) is 0 Å². The maximum Gasteiger partial charge on any atom is 0.527 e. The van der Waals surface area contributed by atoms with Crippen molar-refractivity contribution in [2.45, 2.75) is 52.6 Å². The molecule has 0 aromatic carbocycles. The highest BCUT2D eigenvalue weighted by molar-refractivity contribution is 5.75. The normalized spacial score (nSPS) is 28.8. The van der Waals surface area contributed by atoms with Gasteiger partial charge in [-0.3, -0.25) is 0 Å². The van der Waals surface area contributed by atoms with Crippen LogP contribution in [0.3, 0.4) is 0 Å². The van der Waals surface area contributed by atoms with Crippen molar-refractivity contribution in [1.29, 1.82) is 0 Å². The molecular formula is C13H24NO4+. The number of likely N-dealkylation sites (tertiary alicyclic amines) is 1. The van der Waals surface area contributed by atoms with Crippen LogP contribution in [-0.4, -0.2) is 40.5 Å². The summed E-state index contributed by atoms with van der Waals surface area (Å²) < 4.78 is 4.69. The Kier molecular flexibility index (Phi) is 4.37. The Bertz CT molecular complexity index is 324. The van der Waals surface area contributed by atoms with Crippen LogP contribution in [0.15, 0.2) is 0 Å². The van der Waals surface area contributed by atoms with Crippen molar-refractivity contribution in [3.8, 4) is 0 Å². The second-order valence-electron chi connectivity index (χ2n) is 6.03. The number of nitrogens with zero attached hydrogens (tertiary/aromatic N) is 1. The Hall–Kier alpha value is -1.10. The van der Waals surface area contributed by atoms with E-state index in [1.54, 1.807) is 20.8 Å². The fourth-order valence-corrected chi connectivity index (χ4v) is 2.27. The van der Waals surface area contributed by atoms with Crippen LogP contribution in [0.5, 0.6) is 0 Å². The van der Waals surface area contributed by atoms with Gasteiger partial charge in [0.1, 0.15) is 5.60 Å². The lowest BCUT2D eigenvalue weighted by atomic mass is 9.93. The fourth-order valence-electron chi connectivity index (χ4n) is 2.27. The van der Waals surface area contributed by atoms with E-state index in [0.717, 1.165) is 19.3 Å². The summed E-state index contributed by atoms with van der Waals surface area (Å²) >= 11 is 0. The summed E-state index contributed by atoms with van der Waals surface area (Å²) in [4.78, 5) is 23.6. The van der Waals surface area contributed by atoms with Crippen molar-refractivity contribution in [1.82, 2.24) is 0 Å². The summed E-state index contributed by atoms with van der Waals surface area (Å²) in [6, 6.07) is 0. The topological polar surface area (TPSA) is 63.6 Å². The maximum absolute atomic E-state index is 12.1. The number of hydrogen-bond donors (Lipinski definition) is 1. The molecule has 0 aromatic heterocycles. The van der Waals surface area contributed by atoms with Gasteiger partial charge in [-0.05, 0) is 26.7 Å². The first kappa shape index (κ1) is 15.0. The average molecular weight is 258 g/mol. The van der Waals surface area contributed by atoms with Crippen LogP contribution < -0.4 is 0 Å². The zero-order chi connectivity index (χ0) is 14.0. The van der Waals surface area contributed by atoms with Crippen LogP contribution in [0.2, 0.25) is 0 Å². The van der Waals surface area contributed by atoms with Crippen LogP contribution in [0.1, 0.15) is 47.0 Å². The highest BCUT2D eigenvalue weighted by Crippen LogP contribution is 2.28. The molecule has 0 unspecified atom stereocenters. The van der Waals surface area contributed by atoms with Crippen molar-refractivity contribution in [2.75, 3.05) is 13.1 Å². The third kappa shape index (κ3) is 3.22. The first-order valence-electron chi connectivity index (χ1n) is 6.55. The quantitative estimate of drug-likeness (QED) is 0.733. The molecule has 0 aliphatic carbocycles. The van der Waals surface area contributed by atoms with E-state index >= 15 is 0 Å². The third-order valence-corrected chi connectivity index (χ3v) is 3.52. The highest BCUT2D eigenvalue weighted by Gasteiger charge is 2.50. The zero-order valence-corrected chi connectivity index (χ0v) is 11.7. The lowest BCUT2D eigenvalue weighted by molar-refractivity contribution is -0.793. The second-order valence-corrected chi connectivity index (χ2v) is 6.03. The summed E-state index contributed by atoms with van der Waals surface area (Å²) in [7, 11) is 0. The van der Waals surface area contributed by atoms with Gasteiger partial charge in [0, 0.05) is 12.8 Å². The molecule has 1 fully saturated rings. The van der Waals surface area contributed by atoms with Gasteiger partial charge in [-0.25, -0.2) is 0 Å². The Balaban J connectivity index is 2.83. The predicted molar refractivity (Wildman–Crippen MR) is 67.3 cm³/mol. The standard InChI is InChI=1S/C13H23NO4/c1-5-10-6-8-14(9-7-10,11(15)16)12(17)18-13(2,3)4/h10H,5-9H2,1-4H3/p+1. The number of ether oxygens (including phenoxy) is 1. The fraction of sp³-hybridized carbons (Fsp3) is 0.846. The Morgan fingerprint density at radius 3 is 2.11 bits per heavy atom. The van der Waals surface area contributed by atoms with Crippen molar-refractivity contribution in [2.24, 2.45) is 5.92 Å².